The van der Waals surface area contributed by atoms with E-state index in [9.17, 15) is 14.4 Å². The van der Waals surface area contributed by atoms with Crippen LogP contribution in [0.2, 0.25) is 0 Å². The summed E-state index contributed by atoms with van der Waals surface area (Å²) in [4.78, 5) is 40.4. The van der Waals surface area contributed by atoms with Gasteiger partial charge in [-0.3, -0.25) is 14.4 Å². The van der Waals surface area contributed by atoms with Crippen LogP contribution in [0.5, 0.6) is 0 Å². The summed E-state index contributed by atoms with van der Waals surface area (Å²) in [7, 11) is 0. The number of aryl methyl sites for hydroxylation is 1. The molecule has 4 rings (SSSR count). The summed E-state index contributed by atoms with van der Waals surface area (Å²) in [5.41, 5.74) is 3.73. The maximum absolute atomic E-state index is 12.6. The molecule has 0 bridgehead atoms. The first-order valence-electron chi connectivity index (χ1n) is 10.2. The number of carbonyl (C=O) groups excluding carboxylic acids is 3. The molecule has 2 heterocycles. The normalized spacial score (nSPS) is 18.9. The van der Waals surface area contributed by atoms with Crippen molar-refractivity contribution in [3.05, 3.63) is 58.1 Å². The lowest BCUT2D eigenvalue weighted by molar-refractivity contribution is -0.126. The maximum atomic E-state index is 12.6. The van der Waals surface area contributed by atoms with E-state index in [2.05, 4.69) is 21.2 Å². The SMILES string of the molecule is Cc1cc(N2CC(C(=O)NCc3ccc(N4CCCC4=O)cc3)CC2=O)ccc1Br. The molecule has 0 aromatic heterocycles. The third-order valence-corrected chi connectivity index (χ3v) is 6.63. The summed E-state index contributed by atoms with van der Waals surface area (Å²) >= 11 is 3.47. The lowest BCUT2D eigenvalue weighted by Crippen LogP contribution is -2.32. The first-order chi connectivity index (χ1) is 14.4. The van der Waals surface area contributed by atoms with Gasteiger partial charge in [0.2, 0.25) is 17.7 Å². The van der Waals surface area contributed by atoms with Gasteiger partial charge in [0.25, 0.3) is 0 Å². The van der Waals surface area contributed by atoms with E-state index in [0.717, 1.165) is 39.9 Å². The van der Waals surface area contributed by atoms with E-state index < -0.39 is 0 Å². The fraction of sp³-hybridized carbons (Fsp3) is 0.348. The van der Waals surface area contributed by atoms with Crippen LogP contribution in [-0.2, 0) is 20.9 Å². The third-order valence-electron chi connectivity index (χ3n) is 5.74. The maximum Gasteiger partial charge on any atom is 0.227 e. The molecule has 3 amide bonds. The monoisotopic (exact) mass is 469 g/mol. The molecule has 2 saturated heterocycles. The molecule has 2 aliphatic rings. The van der Waals surface area contributed by atoms with Gasteiger partial charge in [-0.2, -0.15) is 0 Å². The molecule has 156 valence electrons. The van der Waals surface area contributed by atoms with E-state index >= 15 is 0 Å². The minimum atomic E-state index is -0.358. The number of rotatable bonds is 5. The Morgan fingerprint density at radius 3 is 2.47 bits per heavy atom. The van der Waals surface area contributed by atoms with Gasteiger partial charge in [-0.15, -0.1) is 0 Å². The zero-order valence-corrected chi connectivity index (χ0v) is 18.4. The molecule has 0 spiro atoms. The second kappa shape index (κ2) is 8.60. The van der Waals surface area contributed by atoms with Crippen LogP contribution in [0, 0.1) is 12.8 Å². The van der Waals surface area contributed by atoms with Crippen LogP contribution in [0.25, 0.3) is 0 Å². The summed E-state index contributed by atoms with van der Waals surface area (Å²) in [6.45, 7) is 3.53. The number of carbonyl (C=O) groups is 3. The molecule has 1 unspecified atom stereocenters. The Hall–Kier alpha value is -2.67. The molecule has 7 heteroatoms. The van der Waals surface area contributed by atoms with E-state index in [4.69, 9.17) is 0 Å². The van der Waals surface area contributed by atoms with Gasteiger partial charge in [0.1, 0.15) is 0 Å². The largest absolute Gasteiger partial charge is 0.352 e. The van der Waals surface area contributed by atoms with E-state index in [1.165, 1.54) is 0 Å². The molecule has 2 aromatic rings. The van der Waals surface area contributed by atoms with Crippen molar-refractivity contribution in [1.29, 1.82) is 0 Å². The second-order valence-electron chi connectivity index (χ2n) is 7.87. The average Bonchev–Trinajstić information content (AvgIpc) is 3.34. The van der Waals surface area contributed by atoms with Crippen molar-refractivity contribution < 1.29 is 14.4 Å². The Morgan fingerprint density at radius 1 is 1.07 bits per heavy atom. The first-order valence-corrected chi connectivity index (χ1v) is 11.0. The zero-order valence-electron chi connectivity index (χ0n) is 16.9. The molecular formula is C23H24BrN3O3. The van der Waals surface area contributed by atoms with Crippen LogP contribution in [-0.4, -0.2) is 30.8 Å². The van der Waals surface area contributed by atoms with Crippen LogP contribution in [0.15, 0.2) is 46.9 Å². The number of hydrogen-bond donors (Lipinski definition) is 1. The third kappa shape index (κ3) is 4.26. The molecule has 2 aromatic carbocycles. The van der Waals surface area contributed by atoms with Crippen molar-refractivity contribution in [3.63, 3.8) is 0 Å². The second-order valence-corrected chi connectivity index (χ2v) is 8.73. The summed E-state index contributed by atoms with van der Waals surface area (Å²) in [5, 5.41) is 2.95. The van der Waals surface area contributed by atoms with Gasteiger partial charge in [0, 0.05) is 48.3 Å². The van der Waals surface area contributed by atoms with E-state index in [1.54, 1.807) is 9.80 Å². The number of halogens is 1. The van der Waals surface area contributed by atoms with Crippen LogP contribution in [0.3, 0.4) is 0 Å². The molecule has 30 heavy (non-hydrogen) atoms. The van der Waals surface area contributed by atoms with Gasteiger partial charge >= 0.3 is 0 Å². The molecule has 0 radical (unpaired) electrons. The minimum Gasteiger partial charge on any atom is -0.352 e. The number of nitrogens with one attached hydrogen (secondary N) is 1. The van der Waals surface area contributed by atoms with Gasteiger partial charge in [0.05, 0.1) is 5.92 Å². The number of anilines is 2. The lowest BCUT2D eigenvalue weighted by atomic mass is 10.1. The summed E-state index contributed by atoms with van der Waals surface area (Å²) < 4.78 is 0.993. The predicted octanol–water partition coefficient (Wildman–Crippen LogP) is 3.55. The minimum absolute atomic E-state index is 0.0310. The predicted molar refractivity (Wildman–Crippen MR) is 119 cm³/mol. The Kier molecular flexibility index (Phi) is 5.90. The van der Waals surface area contributed by atoms with Gasteiger partial charge in [-0.05, 0) is 54.8 Å². The highest BCUT2D eigenvalue weighted by Gasteiger charge is 2.35. The van der Waals surface area contributed by atoms with Crippen molar-refractivity contribution in [2.45, 2.75) is 32.7 Å². The molecule has 6 nitrogen and oxygen atoms in total. The fourth-order valence-electron chi connectivity index (χ4n) is 3.98. The smallest absolute Gasteiger partial charge is 0.227 e. The Morgan fingerprint density at radius 2 is 1.80 bits per heavy atom. The summed E-state index contributed by atoms with van der Waals surface area (Å²) in [5.74, 6) is -0.342. The quantitative estimate of drug-likeness (QED) is 0.727. The van der Waals surface area contributed by atoms with Crippen molar-refractivity contribution in [2.75, 3.05) is 22.9 Å². The van der Waals surface area contributed by atoms with E-state index in [0.29, 0.717) is 19.5 Å². The van der Waals surface area contributed by atoms with E-state index in [1.807, 2.05) is 49.4 Å². The standard InChI is InChI=1S/C23H24BrN3O3/c1-15-11-19(8-9-20(15)24)27-14-17(12-22(27)29)23(30)25-13-16-4-6-18(7-5-16)26-10-2-3-21(26)28/h4-9,11,17H,2-3,10,12-14H2,1H3,(H,25,30). The molecule has 1 atom stereocenters. The van der Waals surface area contributed by atoms with E-state index in [-0.39, 0.29) is 30.1 Å². The Balaban J connectivity index is 1.33. The average molecular weight is 470 g/mol. The molecular weight excluding hydrogens is 446 g/mol. The highest BCUT2D eigenvalue weighted by atomic mass is 79.9. The molecule has 1 N–H and O–H groups in total. The number of hydrogen-bond acceptors (Lipinski definition) is 3. The lowest BCUT2D eigenvalue weighted by Gasteiger charge is -2.18. The molecule has 0 saturated carbocycles. The number of benzene rings is 2. The zero-order chi connectivity index (χ0) is 21.3. The fourth-order valence-corrected chi connectivity index (χ4v) is 4.22. The van der Waals surface area contributed by atoms with Crippen molar-refractivity contribution in [3.8, 4) is 0 Å². The number of amides is 3. The summed E-state index contributed by atoms with van der Waals surface area (Å²) in [6, 6.07) is 13.5. The van der Waals surface area contributed by atoms with Crippen LogP contribution >= 0.6 is 15.9 Å². The van der Waals surface area contributed by atoms with Crippen LogP contribution in [0.1, 0.15) is 30.4 Å². The van der Waals surface area contributed by atoms with Gasteiger partial charge in [0.15, 0.2) is 0 Å². The van der Waals surface area contributed by atoms with Gasteiger partial charge in [-0.25, -0.2) is 0 Å². The topological polar surface area (TPSA) is 69.7 Å². The van der Waals surface area contributed by atoms with Crippen molar-refractivity contribution in [2.24, 2.45) is 5.92 Å². The molecule has 2 fully saturated rings. The summed E-state index contributed by atoms with van der Waals surface area (Å²) in [6.07, 6.45) is 1.72. The Bertz CT molecular complexity index is 990. The highest BCUT2D eigenvalue weighted by molar-refractivity contribution is 9.10. The molecule has 2 aliphatic heterocycles. The van der Waals surface area contributed by atoms with Crippen LogP contribution < -0.4 is 15.1 Å². The van der Waals surface area contributed by atoms with Crippen LogP contribution in [0.4, 0.5) is 11.4 Å². The van der Waals surface area contributed by atoms with Crippen molar-refractivity contribution in [1.82, 2.24) is 5.32 Å². The Labute approximate surface area is 184 Å². The van der Waals surface area contributed by atoms with Gasteiger partial charge in [-0.1, -0.05) is 28.1 Å². The highest BCUT2D eigenvalue weighted by Crippen LogP contribution is 2.28. The number of nitrogens with zero attached hydrogens (tertiary/aromatic N) is 2. The van der Waals surface area contributed by atoms with Crippen molar-refractivity contribution >= 4 is 45.0 Å². The first kappa shape index (κ1) is 20.6. The van der Waals surface area contributed by atoms with Gasteiger partial charge < -0.3 is 15.1 Å². The molecule has 0 aliphatic carbocycles.